The average molecular weight is 250 g/mol. The highest BCUT2D eigenvalue weighted by atomic mass is 19.1. The summed E-state index contributed by atoms with van der Waals surface area (Å²) in [6.07, 6.45) is 1.71. The molecule has 0 saturated heterocycles. The van der Waals surface area contributed by atoms with Gasteiger partial charge in [0.1, 0.15) is 5.82 Å². The summed E-state index contributed by atoms with van der Waals surface area (Å²) in [4.78, 5) is 12.1. The van der Waals surface area contributed by atoms with Crippen LogP contribution >= 0.6 is 0 Å². The fourth-order valence-electron chi connectivity index (χ4n) is 2.15. The third-order valence-corrected chi connectivity index (χ3v) is 3.42. The molecule has 1 saturated carbocycles. The molecule has 0 radical (unpaired) electrons. The Bertz CT molecular complexity index is 412. The molecule has 1 fully saturated rings. The van der Waals surface area contributed by atoms with E-state index < -0.39 is 5.41 Å². The molecule has 2 N–H and O–H groups in total. The van der Waals surface area contributed by atoms with Crippen molar-refractivity contribution in [3.63, 3.8) is 0 Å². The molecule has 4 heteroatoms. The number of hydrogen-bond acceptors (Lipinski definition) is 2. The number of carbonyl (C=O) groups excluding carboxylic acids is 1. The minimum Gasteiger partial charge on any atom is -0.354 e. The third kappa shape index (κ3) is 2.70. The lowest BCUT2D eigenvalue weighted by Crippen LogP contribution is -2.38. The number of nitrogens with one attached hydrogen (secondary N) is 2. The Labute approximate surface area is 107 Å². The van der Waals surface area contributed by atoms with E-state index in [9.17, 15) is 9.18 Å². The first-order valence-corrected chi connectivity index (χ1v) is 6.44. The molecular weight excluding hydrogens is 231 g/mol. The van der Waals surface area contributed by atoms with Crippen LogP contribution in [0, 0.1) is 5.82 Å². The van der Waals surface area contributed by atoms with E-state index in [1.54, 1.807) is 12.1 Å². The highest BCUT2D eigenvalue weighted by Gasteiger charge is 2.50. The lowest BCUT2D eigenvalue weighted by atomic mass is 9.95. The number of likely N-dealkylation sites (N-methyl/N-ethyl adjacent to an activating group) is 1. The lowest BCUT2D eigenvalue weighted by molar-refractivity contribution is -0.123. The van der Waals surface area contributed by atoms with Gasteiger partial charge in [-0.1, -0.05) is 19.1 Å². The van der Waals surface area contributed by atoms with Gasteiger partial charge in [-0.15, -0.1) is 0 Å². The minimum absolute atomic E-state index is 0.0620. The van der Waals surface area contributed by atoms with Crippen LogP contribution < -0.4 is 10.6 Å². The maximum absolute atomic E-state index is 12.9. The summed E-state index contributed by atoms with van der Waals surface area (Å²) in [5.74, 6) is -0.200. The zero-order valence-corrected chi connectivity index (χ0v) is 10.6. The highest BCUT2D eigenvalue weighted by molar-refractivity contribution is 5.91. The standard InChI is InChI=1S/C14H19FN2O/c1-2-16-9-10-17-13(18)14(7-8-14)11-3-5-12(15)6-4-11/h3-6,16H,2,7-10H2,1H3,(H,17,18). The second-order valence-electron chi connectivity index (χ2n) is 4.70. The van der Waals surface area contributed by atoms with Gasteiger partial charge in [0.05, 0.1) is 5.41 Å². The molecule has 98 valence electrons. The highest BCUT2D eigenvalue weighted by Crippen LogP contribution is 2.48. The molecule has 3 nitrogen and oxygen atoms in total. The summed E-state index contributed by atoms with van der Waals surface area (Å²) in [5, 5.41) is 6.10. The van der Waals surface area contributed by atoms with E-state index in [4.69, 9.17) is 0 Å². The van der Waals surface area contributed by atoms with Crippen molar-refractivity contribution in [1.82, 2.24) is 10.6 Å². The van der Waals surface area contributed by atoms with Crippen molar-refractivity contribution in [2.24, 2.45) is 0 Å². The second-order valence-corrected chi connectivity index (χ2v) is 4.70. The predicted octanol–water partition coefficient (Wildman–Crippen LogP) is 1.58. The number of benzene rings is 1. The van der Waals surface area contributed by atoms with Gasteiger partial charge < -0.3 is 10.6 Å². The van der Waals surface area contributed by atoms with Crippen LogP contribution in [0.2, 0.25) is 0 Å². The smallest absolute Gasteiger partial charge is 0.230 e. The average Bonchev–Trinajstić information content (AvgIpc) is 3.17. The van der Waals surface area contributed by atoms with Crippen LogP contribution in [0.5, 0.6) is 0 Å². The monoisotopic (exact) mass is 250 g/mol. The SMILES string of the molecule is CCNCCNC(=O)C1(c2ccc(F)cc2)CC1. The van der Waals surface area contributed by atoms with Crippen LogP contribution in [0.4, 0.5) is 4.39 Å². The van der Waals surface area contributed by atoms with Gasteiger partial charge in [-0.05, 0) is 37.1 Å². The Kier molecular flexibility index (Phi) is 3.97. The Morgan fingerprint density at radius 2 is 1.94 bits per heavy atom. The van der Waals surface area contributed by atoms with E-state index in [0.717, 1.165) is 31.5 Å². The molecule has 0 unspecified atom stereocenters. The maximum atomic E-state index is 12.9. The summed E-state index contributed by atoms with van der Waals surface area (Å²) in [6.45, 7) is 4.35. The van der Waals surface area contributed by atoms with Gasteiger partial charge in [-0.3, -0.25) is 4.79 Å². The van der Waals surface area contributed by atoms with Gasteiger partial charge in [0.15, 0.2) is 0 Å². The lowest BCUT2D eigenvalue weighted by Gasteiger charge is -2.15. The molecule has 1 aliphatic carbocycles. The zero-order valence-electron chi connectivity index (χ0n) is 10.6. The number of rotatable bonds is 6. The molecule has 0 aliphatic heterocycles. The first-order valence-electron chi connectivity index (χ1n) is 6.44. The van der Waals surface area contributed by atoms with Gasteiger partial charge >= 0.3 is 0 Å². The molecule has 0 bridgehead atoms. The number of amides is 1. The number of carbonyl (C=O) groups is 1. The van der Waals surface area contributed by atoms with E-state index in [1.807, 2.05) is 6.92 Å². The Morgan fingerprint density at radius 1 is 1.28 bits per heavy atom. The van der Waals surface area contributed by atoms with Gasteiger partial charge in [0, 0.05) is 13.1 Å². The van der Waals surface area contributed by atoms with Gasteiger partial charge in [-0.2, -0.15) is 0 Å². The quantitative estimate of drug-likeness (QED) is 0.753. The molecule has 0 heterocycles. The zero-order chi connectivity index (χ0) is 13.0. The summed E-state index contributed by atoms with van der Waals surface area (Å²) >= 11 is 0. The van der Waals surface area contributed by atoms with Crippen molar-refractivity contribution in [2.75, 3.05) is 19.6 Å². The molecule has 0 atom stereocenters. The van der Waals surface area contributed by atoms with Crippen molar-refractivity contribution >= 4 is 5.91 Å². The summed E-state index contributed by atoms with van der Waals surface area (Å²) in [5.41, 5.74) is 0.518. The molecule has 0 aromatic heterocycles. The molecule has 1 amide bonds. The number of halogens is 1. The van der Waals surface area contributed by atoms with Crippen LogP contribution in [-0.4, -0.2) is 25.5 Å². The molecular formula is C14H19FN2O. The molecule has 0 spiro atoms. The fraction of sp³-hybridized carbons (Fsp3) is 0.500. The second kappa shape index (κ2) is 5.48. The van der Waals surface area contributed by atoms with Crippen molar-refractivity contribution in [2.45, 2.75) is 25.2 Å². The molecule has 18 heavy (non-hydrogen) atoms. The first-order chi connectivity index (χ1) is 8.69. The predicted molar refractivity (Wildman–Crippen MR) is 68.9 cm³/mol. The van der Waals surface area contributed by atoms with Gasteiger partial charge in [0.2, 0.25) is 5.91 Å². The molecule has 2 rings (SSSR count). The van der Waals surface area contributed by atoms with E-state index in [0.29, 0.717) is 6.54 Å². The van der Waals surface area contributed by atoms with Crippen molar-refractivity contribution in [3.05, 3.63) is 35.6 Å². The van der Waals surface area contributed by atoms with Crippen LogP contribution in [0.1, 0.15) is 25.3 Å². The van der Waals surface area contributed by atoms with Crippen molar-refractivity contribution in [3.8, 4) is 0 Å². The van der Waals surface area contributed by atoms with E-state index in [1.165, 1.54) is 12.1 Å². The van der Waals surface area contributed by atoms with Crippen LogP contribution in [0.15, 0.2) is 24.3 Å². The maximum Gasteiger partial charge on any atom is 0.230 e. The van der Waals surface area contributed by atoms with E-state index in [2.05, 4.69) is 10.6 Å². The first kappa shape index (κ1) is 13.0. The van der Waals surface area contributed by atoms with Gasteiger partial charge in [-0.25, -0.2) is 4.39 Å². The molecule has 1 aromatic rings. The van der Waals surface area contributed by atoms with Crippen LogP contribution in [-0.2, 0) is 10.2 Å². The van der Waals surface area contributed by atoms with Crippen molar-refractivity contribution in [1.29, 1.82) is 0 Å². The normalized spacial score (nSPS) is 16.3. The van der Waals surface area contributed by atoms with E-state index in [-0.39, 0.29) is 11.7 Å². The number of hydrogen-bond donors (Lipinski definition) is 2. The summed E-state index contributed by atoms with van der Waals surface area (Å²) < 4.78 is 12.9. The topological polar surface area (TPSA) is 41.1 Å². The van der Waals surface area contributed by atoms with Crippen LogP contribution in [0.25, 0.3) is 0 Å². The largest absolute Gasteiger partial charge is 0.354 e. The summed E-state index contributed by atoms with van der Waals surface area (Å²) in [7, 11) is 0. The Balaban J connectivity index is 1.94. The molecule has 1 aromatic carbocycles. The Hall–Kier alpha value is -1.42. The minimum atomic E-state index is -0.403. The fourth-order valence-corrected chi connectivity index (χ4v) is 2.15. The third-order valence-electron chi connectivity index (χ3n) is 3.42. The Morgan fingerprint density at radius 3 is 2.50 bits per heavy atom. The van der Waals surface area contributed by atoms with Gasteiger partial charge in [0.25, 0.3) is 0 Å². The summed E-state index contributed by atoms with van der Waals surface area (Å²) in [6, 6.07) is 6.26. The molecule has 1 aliphatic rings. The van der Waals surface area contributed by atoms with E-state index >= 15 is 0 Å². The van der Waals surface area contributed by atoms with Crippen molar-refractivity contribution < 1.29 is 9.18 Å². The van der Waals surface area contributed by atoms with Crippen LogP contribution in [0.3, 0.4) is 0 Å².